The van der Waals surface area contributed by atoms with Crippen molar-refractivity contribution in [3.05, 3.63) is 53.6 Å². The zero-order chi connectivity index (χ0) is 15.2. The summed E-state index contributed by atoms with van der Waals surface area (Å²) in [6.45, 7) is 0.700. The lowest BCUT2D eigenvalue weighted by atomic mass is 10.1. The van der Waals surface area contributed by atoms with E-state index in [1.807, 2.05) is 49.5 Å². The Hall–Kier alpha value is -2.67. The highest BCUT2D eigenvalue weighted by atomic mass is 16.5. The molecule has 21 heavy (non-hydrogen) atoms. The van der Waals surface area contributed by atoms with Crippen molar-refractivity contribution in [1.29, 1.82) is 5.26 Å². The molecule has 0 saturated heterocycles. The Morgan fingerprint density at radius 3 is 2.57 bits per heavy atom. The summed E-state index contributed by atoms with van der Waals surface area (Å²) in [4.78, 5) is 2.10. The van der Waals surface area contributed by atoms with Gasteiger partial charge in [0.2, 0.25) is 0 Å². The molecule has 0 unspecified atom stereocenters. The molecule has 0 aliphatic carbocycles. The van der Waals surface area contributed by atoms with Gasteiger partial charge in [-0.3, -0.25) is 0 Å². The summed E-state index contributed by atoms with van der Waals surface area (Å²) in [5.41, 5.74) is 2.66. The Morgan fingerprint density at radius 2 is 1.90 bits per heavy atom. The summed E-state index contributed by atoms with van der Waals surface area (Å²) >= 11 is 0. The average Bonchev–Trinajstić information content (AvgIpc) is 2.54. The third-order valence-electron chi connectivity index (χ3n) is 3.30. The molecule has 0 aliphatic rings. The summed E-state index contributed by atoms with van der Waals surface area (Å²) in [6.07, 6.45) is 0. The van der Waals surface area contributed by atoms with E-state index in [2.05, 4.69) is 11.0 Å². The summed E-state index contributed by atoms with van der Waals surface area (Å²) in [6, 6.07) is 15.7. The minimum Gasteiger partial charge on any atom is -0.497 e. The van der Waals surface area contributed by atoms with Crippen molar-refractivity contribution in [2.45, 2.75) is 6.54 Å². The van der Waals surface area contributed by atoms with E-state index in [4.69, 9.17) is 14.7 Å². The lowest BCUT2D eigenvalue weighted by molar-refractivity contribution is 0.413. The largest absolute Gasteiger partial charge is 0.497 e. The molecule has 0 aromatic heterocycles. The second kappa shape index (κ2) is 6.67. The van der Waals surface area contributed by atoms with Gasteiger partial charge in [-0.25, -0.2) is 0 Å². The van der Waals surface area contributed by atoms with Crippen molar-refractivity contribution in [2.75, 3.05) is 26.2 Å². The first-order valence-corrected chi connectivity index (χ1v) is 6.60. The maximum absolute atomic E-state index is 9.13. The zero-order valence-electron chi connectivity index (χ0n) is 12.5. The van der Waals surface area contributed by atoms with Crippen LogP contribution in [0.2, 0.25) is 0 Å². The molecule has 4 heteroatoms. The molecule has 0 radical (unpaired) electrons. The van der Waals surface area contributed by atoms with E-state index in [0.717, 1.165) is 17.0 Å². The maximum Gasteiger partial charge on any atom is 0.136 e. The SMILES string of the molecule is COc1cccc(N(C)Cc2ccc(OC)c(C#N)c2)c1. The van der Waals surface area contributed by atoms with Gasteiger partial charge in [-0.2, -0.15) is 5.26 Å². The van der Waals surface area contributed by atoms with E-state index < -0.39 is 0 Å². The Morgan fingerprint density at radius 1 is 1.10 bits per heavy atom. The Labute approximate surface area is 125 Å². The fourth-order valence-electron chi connectivity index (χ4n) is 2.15. The van der Waals surface area contributed by atoms with Crippen LogP contribution in [-0.4, -0.2) is 21.3 Å². The van der Waals surface area contributed by atoms with Gasteiger partial charge < -0.3 is 14.4 Å². The van der Waals surface area contributed by atoms with Crippen LogP contribution in [0.25, 0.3) is 0 Å². The van der Waals surface area contributed by atoms with E-state index in [9.17, 15) is 0 Å². The number of hydrogen-bond acceptors (Lipinski definition) is 4. The third-order valence-corrected chi connectivity index (χ3v) is 3.30. The van der Waals surface area contributed by atoms with E-state index in [1.165, 1.54) is 0 Å². The van der Waals surface area contributed by atoms with Gasteiger partial charge in [0, 0.05) is 25.3 Å². The minimum atomic E-state index is 0.550. The van der Waals surface area contributed by atoms with Crippen LogP contribution < -0.4 is 14.4 Å². The summed E-state index contributed by atoms with van der Waals surface area (Å²) in [5.74, 6) is 1.43. The number of methoxy groups -OCH3 is 2. The van der Waals surface area contributed by atoms with Crippen LogP contribution in [0, 0.1) is 11.3 Å². The molecule has 4 nitrogen and oxygen atoms in total. The molecular weight excluding hydrogens is 264 g/mol. The first-order valence-electron chi connectivity index (χ1n) is 6.60. The molecule has 0 aliphatic heterocycles. The molecule has 0 saturated carbocycles. The highest BCUT2D eigenvalue weighted by Crippen LogP contribution is 2.23. The van der Waals surface area contributed by atoms with Gasteiger partial charge in [0.15, 0.2) is 0 Å². The molecule has 108 valence electrons. The number of rotatable bonds is 5. The van der Waals surface area contributed by atoms with Crippen molar-refractivity contribution in [3.63, 3.8) is 0 Å². The monoisotopic (exact) mass is 282 g/mol. The van der Waals surface area contributed by atoms with Gasteiger partial charge in [-0.05, 0) is 29.8 Å². The molecule has 2 rings (SSSR count). The molecule has 0 N–H and O–H groups in total. The maximum atomic E-state index is 9.13. The topological polar surface area (TPSA) is 45.5 Å². The predicted octanol–water partition coefficient (Wildman–Crippen LogP) is 3.21. The van der Waals surface area contributed by atoms with Crippen molar-refractivity contribution in [1.82, 2.24) is 0 Å². The number of anilines is 1. The van der Waals surface area contributed by atoms with Gasteiger partial charge in [0.05, 0.1) is 19.8 Å². The minimum absolute atomic E-state index is 0.550. The normalized spacial score (nSPS) is 9.81. The van der Waals surface area contributed by atoms with Crippen molar-refractivity contribution < 1.29 is 9.47 Å². The zero-order valence-corrected chi connectivity index (χ0v) is 12.5. The first-order chi connectivity index (χ1) is 10.2. The van der Waals surface area contributed by atoms with E-state index >= 15 is 0 Å². The Balaban J connectivity index is 2.19. The molecular formula is C17H18N2O2. The highest BCUT2D eigenvalue weighted by Gasteiger charge is 2.07. The number of ether oxygens (including phenoxy) is 2. The molecule has 0 fully saturated rings. The summed E-state index contributed by atoms with van der Waals surface area (Å²) < 4.78 is 10.4. The van der Waals surface area contributed by atoms with E-state index in [0.29, 0.717) is 17.9 Å². The average molecular weight is 282 g/mol. The molecule has 0 heterocycles. The van der Waals surface area contributed by atoms with Gasteiger partial charge in [-0.15, -0.1) is 0 Å². The fraction of sp³-hybridized carbons (Fsp3) is 0.235. The van der Waals surface area contributed by atoms with Crippen LogP contribution in [0.3, 0.4) is 0 Å². The van der Waals surface area contributed by atoms with Crippen molar-refractivity contribution >= 4 is 5.69 Å². The Bertz CT molecular complexity index is 662. The third kappa shape index (κ3) is 3.46. The fourth-order valence-corrected chi connectivity index (χ4v) is 2.15. The predicted molar refractivity (Wildman–Crippen MR) is 82.8 cm³/mol. The summed E-state index contributed by atoms with van der Waals surface area (Å²) in [5, 5.41) is 9.13. The van der Waals surface area contributed by atoms with Crippen LogP contribution in [0.5, 0.6) is 11.5 Å². The van der Waals surface area contributed by atoms with Crippen LogP contribution >= 0.6 is 0 Å². The van der Waals surface area contributed by atoms with E-state index in [1.54, 1.807) is 14.2 Å². The second-order valence-electron chi connectivity index (χ2n) is 4.70. The molecule has 0 atom stereocenters. The van der Waals surface area contributed by atoms with Gasteiger partial charge in [-0.1, -0.05) is 12.1 Å². The first kappa shape index (κ1) is 14.7. The molecule has 0 spiro atoms. The van der Waals surface area contributed by atoms with Crippen molar-refractivity contribution in [3.8, 4) is 17.6 Å². The van der Waals surface area contributed by atoms with Crippen LogP contribution in [0.15, 0.2) is 42.5 Å². The van der Waals surface area contributed by atoms with Crippen LogP contribution in [-0.2, 0) is 6.54 Å². The number of nitrogens with zero attached hydrogens (tertiary/aromatic N) is 2. The van der Waals surface area contributed by atoms with Crippen molar-refractivity contribution in [2.24, 2.45) is 0 Å². The number of hydrogen-bond donors (Lipinski definition) is 0. The molecule has 0 amide bonds. The lowest BCUT2D eigenvalue weighted by Gasteiger charge is -2.20. The standard InChI is InChI=1S/C17H18N2O2/c1-19(15-5-4-6-16(10-15)20-2)12-13-7-8-17(21-3)14(9-13)11-18/h4-10H,12H2,1-3H3. The number of benzene rings is 2. The van der Waals surface area contributed by atoms with Gasteiger partial charge in [0.25, 0.3) is 0 Å². The molecule has 0 bridgehead atoms. The quantitative estimate of drug-likeness (QED) is 0.844. The van der Waals surface area contributed by atoms with Gasteiger partial charge >= 0.3 is 0 Å². The van der Waals surface area contributed by atoms with E-state index in [-0.39, 0.29) is 0 Å². The van der Waals surface area contributed by atoms with Crippen LogP contribution in [0.4, 0.5) is 5.69 Å². The summed E-state index contributed by atoms with van der Waals surface area (Å²) in [7, 11) is 5.23. The van der Waals surface area contributed by atoms with Gasteiger partial charge in [0.1, 0.15) is 17.6 Å². The molecule has 2 aromatic rings. The Kier molecular flexibility index (Phi) is 4.68. The van der Waals surface area contributed by atoms with Crippen LogP contribution in [0.1, 0.15) is 11.1 Å². The molecule has 2 aromatic carbocycles. The highest BCUT2D eigenvalue weighted by molar-refractivity contribution is 5.51. The lowest BCUT2D eigenvalue weighted by Crippen LogP contribution is -2.16. The smallest absolute Gasteiger partial charge is 0.136 e. The number of nitriles is 1. The second-order valence-corrected chi connectivity index (χ2v) is 4.70.